The van der Waals surface area contributed by atoms with Crippen LogP contribution in [0.4, 0.5) is 0 Å². The summed E-state index contributed by atoms with van der Waals surface area (Å²) in [6, 6.07) is 13.3. The van der Waals surface area contributed by atoms with Crippen LogP contribution in [0, 0.1) is 0 Å². The highest BCUT2D eigenvalue weighted by Gasteiger charge is 2.29. The molecule has 4 aromatic rings. The molecule has 0 unspecified atom stereocenters. The molecule has 1 fully saturated rings. The molecule has 150 valence electrons. The highest BCUT2D eigenvalue weighted by molar-refractivity contribution is 5.92. The van der Waals surface area contributed by atoms with Gasteiger partial charge in [0.1, 0.15) is 17.8 Å². The molecule has 30 heavy (non-hydrogen) atoms. The third kappa shape index (κ3) is 3.71. The van der Waals surface area contributed by atoms with Crippen molar-refractivity contribution in [1.82, 2.24) is 30.0 Å². The molecule has 1 amide bonds. The van der Waals surface area contributed by atoms with E-state index in [1.54, 1.807) is 23.3 Å². The van der Waals surface area contributed by atoms with Crippen LogP contribution in [0.5, 0.6) is 0 Å². The second-order valence-corrected chi connectivity index (χ2v) is 7.41. The Labute approximate surface area is 173 Å². The Bertz CT molecular complexity index is 1180. The number of nitrogens with zero attached hydrogens (tertiary/aromatic N) is 5. The molecule has 0 saturated heterocycles. The third-order valence-corrected chi connectivity index (χ3v) is 5.10. The molecular formula is C22H20N6O2. The lowest BCUT2D eigenvalue weighted by molar-refractivity contribution is 0.0935. The van der Waals surface area contributed by atoms with Crippen LogP contribution in [0.25, 0.3) is 17.3 Å². The quantitative estimate of drug-likeness (QED) is 0.530. The van der Waals surface area contributed by atoms with Gasteiger partial charge in [-0.05, 0) is 37.5 Å². The summed E-state index contributed by atoms with van der Waals surface area (Å²) in [6.45, 7) is 1.94. The van der Waals surface area contributed by atoms with E-state index in [4.69, 9.17) is 4.52 Å². The van der Waals surface area contributed by atoms with Crippen molar-refractivity contribution in [2.75, 3.05) is 0 Å². The van der Waals surface area contributed by atoms with E-state index >= 15 is 0 Å². The Balaban J connectivity index is 1.33. The summed E-state index contributed by atoms with van der Waals surface area (Å²) in [5.41, 5.74) is 2.13. The van der Waals surface area contributed by atoms with E-state index in [1.807, 2.05) is 49.4 Å². The van der Waals surface area contributed by atoms with Crippen LogP contribution < -0.4 is 5.32 Å². The van der Waals surface area contributed by atoms with E-state index in [-0.39, 0.29) is 11.9 Å². The van der Waals surface area contributed by atoms with Crippen LogP contribution in [-0.2, 0) is 0 Å². The normalized spacial score (nSPS) is 14.4. The van der Waals surface area contributed by atoms with E-state index in [0.717, 1.165) is 29.8 Å². The number of imidazole rings is 1. The van der Waals surface area contributed by atoms with E-state index < -0.39 is 0 Å². The summed E-state index contributed by atoms with van der Waals surface area (Å²) in [5.74, 6) is 2.03. The summed E-state index contributed by atoms with van der Waals surface area (Å²) in [4.78, 5) is 25.7. The summed E-state index contributed by atoms with van der Waals surface area (Å²) in [6.07, 6.45) is 7.12. The van der Waals surface area contributed by atoms with Crippen molar-refractivity contribution in [3.63, 3.8) is 0 Å². The van der Waals surface area contributed by atoms with Crippen LogP contribution in [0.15, 0.2) is 65.7 Å². The summed E-state index contributed by atoms with van der Waals surface area (Å²) in [7, 11) is 0. The molecule has 0 radical (unpaired) electrons. The number of nitrogens with one attached hydrogen (secondary N) is 1. The fourth-order valence-electron chi connectivity index (χ4n) is 3.21. The van der Waals surface area contributed by atoms with Crippen molar-refractivity contribution >= 4 is 5.91 Å². The first-order valence-electron chi connectivity index (χ1n) is 9.87. The lowest BCUT2D eigenvalue weighted by Crippen LogP contribution is -2.26. The Kier molecular flexibility index (Phi) is 4.59. The standard InChI is InChI=1S/C22H20N6O2/c1-14(15-5-3-2-4-6-15)25-21(29)18-12-28(13-24-18)19-11-17(9-10-23-19)22-26-20(27-30-22)16-7-8-16/h2-6,9-14,16H,7-8H2,1H3,(H,25,29)/t14-/m1/s1. The van der Waals surface area contributed by atoms with Crippen molar-refractivity contribution in [3.05, 3.63) is 78.3 Å². The number of carbonyl (C=O) groups is 1. The predicted octanol–water partition coefficient (Wildman–Crippen LogP) is 3.69. The maximum atomic E-state index is 12.6. The second-order valence-electron chi connectivity index (χ2n) is 7.41. The van der Waals surface area contributed by atoms with E-state index in [0.29, 0.717) is 23.3 Å². The molecule has 0 spiro atoms. The molecule has 3 aromatic heterocycles. The van der Waals surface area contributed by atoms with Gasteiger partial charge in [0, 0.05) is 23.9 Å². The molecule has 8 heteroatoms. The van der Waals surface area contributed by atoms with Gasteiger partial charge in [-0.3, -0.25) is 9.36 Å². The molecule has 1 atom stereocenters. The van der Waals surface area contributed by atoms with Gasteiger partial charge in [-0.2, -0.15) is 4.98 Å². The monoisotopic (exact) mass is 400 g/mol. The first-order valence-corrected chi connectivity index (χ1v) is 9.87. The fourth-order valence-corrected chi connectivity index (χ4v) is 3.21. The van der Waals surface area contributed by atoms with E-state index in [1.165, 1.54) is 0 Å². The number of hydrogen-bond acceptors (Lipinski definition) is 6. The molecule has 0 aliphatic heterocycles. The van der Waals surface area contributed by atoms with Crippen molar-refractivity contribution < 1.29 is 9.32 Å². The first-order chi connectivity index (χ1) is 14.7. The minimum atomic E-state index is -0.243. The Morgan fingerprint density at radius 3 is 2.83 bits per heavy atom. The van der Waals surface area contributed by atoms with Crippen molar-refractivity contribution in [1.29, 1.82) is 0 Å². The van der Waals surface area contributed by atoms with Gasteiger partial charge in [0.15, 0.2) is 5.82 Å². The molecule has 5 rings (SSSR count). The largest absolute Gasteiger partial charge is 0.344 e. The zero-order valence-electron chi connectivity index (χ0n) is 16.4. The van der Waals surface area contributed by atoms with Gasteiger partial charge in [-0.1, -0.05) is 35.5 Å². The van der Waals surface area contributed by atoms with Crippen LogP contribution in [-0.4, -0.2) is 30.6 Å². The topological polar surface area (TPSA) is 98.7 Å². The maximum Gasteiger partial charge on any atom is 0.271 e. The van der Waals surface area contributed by atoms with Gasteiger partial charge in [0.2, 0.25) is 0 Å². The van der Waals surface area contributed by atoms with Gasteiger partial charge in [0.25, 0.3) is 11.8 Å². The summed E-state index contributed by atoms with van der Waals surface area (Å²) >= 11 is 0. The van der Waals surface area contributed by atoms with Gasteiger partial charge in [-0.15, -0.1) is 0 Å². The zero-order chi connectivity index (χ0) is 20.5. The third-order valence-electron chi connectivity index (χ3n) is 5.10. The van der Waals surface area contributed by atoms with Gasteiger partial charge < -0.3 is 9.84 Å². The molecule has 1 aliphatic carbocycles. The number of pyridine rings is 1. The molecule has 0 bridgehead atoms. The highest BCUT2D eigenvalue weighted by atomic mass is 16.5. The average molecular weight is 400 g/mol. The Hall–Kier alpha value is -3.81. The fraction of sp³-hybridized carbons (Fsp3) is 0.227. The van der Waals surface area contributed by atoms with Crippen molar-refractivity contribution in [2.24, 2.45) is 0 Å². The minimum Gasteiger partial charge on any atom is -0.344 e. The highest BCUT2D eigenvalue weighted by Crippen LogP contribution is 2.38. The summed E-state index contributed by atoms with van der Waals surface area (Å²) < 4.78 is 7.09. The smallest absolute Gasteiger partial charge is 0.271 e. The van der Waals surface area contributed by atoms with Crippen molar-refractivity contribution in [3.8, 4) is 17.3 Å². The first kappa shape index (κ1) is 18.2. The number of hydrogen-bond donors (Lipinski definition) is 1. The molecule has 1 saturated carbocycles. The van der Waals surface area contributed by atoms with Crippen molar-refractivity contribution in [2.45, 2.75) is 31.7 Å². The number of carbonyl (C=O) groups excluding carboxylic acids is 1. The molecule has 1 aromatic carbocycles. The molecule has 8 nitrogen and oxygen atoms in total. The molecule has 1 N–H and O–H groups in total. The minimum absolute atomic E-state index is 0.122. The zero-order valence-corrected chi connectivity index (χ0v) is 16.4. The molecule has 3 heterocycles. The van der Waals surface area contributed by atoms with Gasteiger partial charge >= 0.3 is 0 Å². The van der Waals surface area contributed by atoms with Crippen LogP contribution in [0.2, 0.25) is 0 Å². The number of amides is 1. The van der Waals surface area contributed by atoms with E-state index in [9.17, 15) is 4.79 Å². The van der Waals surface area contributed by atoms with Crippen LogP contribution in [0.1, 0.15) is 53.6 Å². The summed E-state index contributed by atoms with van der Waals surface area (Å²) in [5, 5.41) is 7.02. The number of benzene rings is 1. The van der Waals surface area contributed by atoms with Gasteiger partial charge in [-0.25, -0.2) is 9.97 Å². The lowest BCUT2D eigenvalue weighted by Gasteiger charge is -2.13. The van der Waals surface area contributed by atoms with Gasteiger partial charge in [0.05, 0.1) is 6.04 Å². The lowest BCUT2D eigenvalue weighted by atomic mass is 10.1. The number of rotatable bonds is 6. The van der Waals surface area contributed by atoms with Crippen LogP contribution in [0.3, 0.4) is 0 Å². The predicted molar refractivity (Wildman–Crippen MR) is 109 cm³/mol. The maximum absolute atomic E-state index is 12.6. The Morgan fingerprint density at radius 1 is 1.20 bits per heavy atom. The second kappa shape index (κ2) is 7.55. The molecular weight excluding hydrogens is 380 g/mol. The Morgan fingerprint density at radius 2 is 2.03 bits per heavy atom. The SMILES string of the molecule is C[C@@H](NC(=O)c1cn(-c2cc(-c3nc(C4CC4)no3)ccn2)cn1)c1ccccc1. The van der Waals surface area contributed by atoms with E-state index in [2.05, 4.69) is 25.4 Å². The number of aromatic nitrogens is 5. The molecule has 1 aliphatic rings. The van der Waals surface area contributed by atoms with Crippen LogP contribution >= 0.6 is 0 Å². The average Bonchev–Trinajstić information content (AvgIpc) is 3.30.